The summed E-state index contributed by atoms with van der Waals surface area (Å²) in [4.78, 5) is 4.73. The summed E-state index contributed by atoms with van der Waals surface area (Å²) in [6, 6.07) is 49.6. The summed E-state index contributed by atoms with van der Waals surface area (Å²) < 4.78 is 93.7. The van der Waals surface area contributed by atoms with Crippen molar-refractivity contribution >= 4 is 46.8 Å². The van der Waals surface area contributed by atoms with E-state index in [-0.39, 0.29) is 16.8 Å². The molecule has 0 radical (unpaired) electrons. The van der Waals surface area contributed by atoms with Crippen molar-refractivity contribution in [3.05, 3.63) is 197 Å². The predicted molar refractivity (Wildman–Crippen MR) is 412 cm³/mol. The van der Waals surface area contributed by atoms with Gasteiger partial charge in [0.15, 0.2) is 0 Å². The van der Waals surface area contributed by atoms with Crippen LogP contribution in [-0.2, 0) is 49.7 Å². The number of ether oxygens (including phenoxy) is 3. The second-order valence-corrected chi connectivity index (χ2v) is 33.6. The third-order valence-corrected chi connectivity index (χ3v) is 21.9. The fourth-order valence-corrected chi connectivity index (χ4v) is 15.7. The Morgan fingerprint density at radius 1 is 0.346 bits per heavy atom. The van der Waals surface area contributed by atoms with Crippen molar-refractivity contribution in [2.75, 3.05) is 77.7 Å². The number of rotatable bonds is 26. The van der Waals surface area contributed by atoms with E-state index in [4.69, 9.17) is 14.2 Å². The molecule has 6 aromatic carbocycles. The van der Waals surface area contributed by atoms with Gasteiger partial charge in [-0.3, -0.25) is 0 Å². The molecule has 15 rings (SSSR count). The molecular weight excluding hydrogens is 1420 g/mol. The number of nitrogens with one attached hydrogen (secondary N) is 6. The Bertz CT molecular complexity index is 4950. The van der Waals surface area contributed by atoms with E-state index < -0.39 is 30.1 Å². The van der Waals surface area contributed by atoms with Crippen LogP contribution in [0.3, 0.4) is 0 Å². The van der Waals surface area contributed by atoms with Gasteiger partial charge in [0, 0.05) is 91.5 Å². The van der Waals surface area contributed by atoms with Crippen molar-refractivity contribution in [3.8, 4) is 51.4 Å². The largest absolute Gasteiger partial charge is 0.482 e. The fourth-order valence-electron chi connectivity index (χ4n) is 14.1. The van der Waals surface area contributed by atoms with Gasteiger partial charge >= 0.3 is 0 Å². The predicted octanol–water partition coefficient (Wildman–Crippen LogP) is 8.63. The van der Waals surface area contributed by atoms with Crippen LogP contribution < -0.4 is 44.3 Å². The molecule has 3 spiro atoms. The third kappa shape index (κ3) is 20.5. The summed E-state index contributed by atoms with van der Waals surface area (Å²) in [5.41, 5.74) is 12.3. The van der Waals surface area contributed by atoms with Crippen LogP contribution >= 0.6 is 0 Å². The Balaban J connectivity index is 0.000000142. The second-order valence-electron chi connectivity index (χ2n) is 28.1. The van der Waals surface area contributed by atoms with Crippen molar-refractivity contribution < 1.29 is 39.5 Å². The summed E-state index contributed by atoms with van der Waals surface area (Å²) in [6.07, 6.45) is 22.9. The number of fused-ring (bicyclic) bond motifs is 3. The molecule has 0 aliphatic carbocycles. The van der Waals surface area contributed by atoms with Gasteiger partial charge < -0.3 is 30.2 Å². The Hall–Kier alpha value is -9.24. The average molecular weight is 1510 g/mol. The molecule has 6 aliphatic rings. The highest BCUT2D eigenvalue weighted by molar-refractivity contribution is 7.89. The molecule has 0 atom stereocenters. The molecule has 564 valence electrons. The number of piperidine rings is 3. The molecule has 0 saturated carbocycles. The van der Waals surface area contributed by atoms with E-state index in [9.17, 15) is 25.3 Å². The number of aromatic nitrogens is 12. The van der Waals surface area contributed by atoms with Gasteiger partial charge in [-0.2, -0.15) is 14.4 Å². The molecule has 0 amide bonds. The summed E-state index contributed by atoms with van der Waals surface area (Å²) in [5.74, 6) is 4.57. The molecule has 9 heterocycles. The van der Waals surface area contributed by atoms with E-state index in [2.05, 4.69) is 186 Å². The van der Waals surface area contributed by atoms with Crippen molar-refractivity contribution in [2.24, 2.45) is 0 Å². The maximum Gasteiger partial charge on any atom is 0.208 e. The lowest BCUT2D eigenvalue weighted by Crippen LogP contribution is -2.46. The quantitative estimate of drug-likeness (QED) is 0.0276. The zero-order valence-electron chi connectivity index (χ0n) is 60.7. The van der Waals surface area contributed by atoms with Crippen LogP contribution in [0.1, 0.15) is 123 Å². The molecule has 107 heavy (non-hydrogen) atoms. The summed E-state index contributed by atoms with van der Waals surface area (Å²) in [7, 11) is -9.42. The van der Waals surface area contributed by atoms with Gasteiger partial charge in [-0.25, -0.2) is 39.4 Å². The molecule has 3 aromatic heterocycles. The van der Waals surface area contributed by atoms with Crippen LogP contribution in [0.2, 0.25) is 0 Å². The smallest absolute Gasteiger partial charge is 0.208 e. The van der Waals surface area contributed by atoms with E-state index in [1.165, 1.54) is 34.0 Å². The van der Waals surface area contributed by atoms with Gasteiger partial charge in [-0.05, 0) is 157 Å². The number of nitrogens with zero attached hydrogens (tertiary/aromatic N) is 12. The number of tetrazole rings is 3. The number of benzene rings is 6. The van der Waals surface area contributed by atoms with Crippen molar-refractivity contribution in [2.45, 2.75) is 126 Å². The van der Waals surface area contributed by atoms with Crippen molar-refractivity contribution in [3.63, 3.8) is 0 Å². The number of aryl methyl sites for hydroxylation is 3. The first-order valence-electron chi connectivity index (χ1n) is 36.9. The number of sulfonamides is 3. The van der Waals surface area contributed by atoms with Gasteiger partial charge in [0.25, 0.3) is 0 Å². The highest BCUT2D eigenvalue weighted by Gasteiger charge is 2.40. The normalized spacial score (nSPS) is 16.9. The number of hydrogen-bond acceptors (Lipinski definition) is 21. The Labute approximate surface area is 626 Å². The maximum atomic E-state index is 11.2. The summed E-state index contributed by atoms with van der Waals surface area (Å²) in [5, 5.41) is 48.9. The first kappa shape index (κ1) is 76.0. The SMILES string of the molecule is CS(=O)(=O)NCCCCCCn1nnc(-c2ccc(C3=CC4(CCNCC4)Oc4ccccc43)cc2)n1.CS(=O)(=O)NCCCCCn1nnc(-c2ccc(C3=CC4(CCNCC4)Oc4ccccc43)cc2)n1.CS(=O)(=O)NCCCn1nnc(-c2ccc(C3=CC4(CCNCC4)Oc4ccccc43)cc2)n1. The fraction of sp³-hybridized carbons (Fsp3) is 0.416. The molecule has 0 unspecified atom stereocenters. The van der Waals surface area contributed by atoms with E-state index in [0.717, 1.165) is 196 Å². The minimum atomic E-state index is -3.19. The van der Waals surface area contributed by atoms with Gasteiger partial charge in [-0.15, -0.1) is 30.6 Å². The Morgan fingerprint density at radius 2 is 0.607 bits per heavy atom. The Kier molecular flexibility index (Phi) is 24.4. The molecular formula is C77H94N18O9S3. The van der Waals surface area contributed by atoms with Crippen LogP contribution in [0.15, 0.2) is 164 Å². The lowest BCUT2D eigenvalue weighted by molar-refractivity contribution is 0.0814. The van der Waals surface area contributed by atoms with Gasteiger partial charge in [0.2, 0.25) is 47.5 Å². The van der Waals surface area contributed by atoms with Gasteiger partial charge in [0.1, 0.15) is 34.1 Å². The highest BCUT2D eigenvalue weighted by Crippen LogP contribution is 2.46. The first-order chi connectivity index (χ1) is 51.7. The molecule has 9 aromatic rings. The van der Waals surface area contributed by atoms with Crippen LogP contribution in [0.4, 0.5) is 0 Å². The van der Waals surface area contributed by atoms with E-state index >= 15 is 0 Å². The summed E-state index contributed by atoms with van der Waals surface area (Å²) in [6.45, 7) is 8.76. The molecule has 6 aliphatic heterocycles. The molecule has 3 fully saturated rings. The van der Waals surface area contributed by atoms with Crippen LogP contribution in [0, 0.1) is 0 Å². The third-order valence-electron chi connectivity index (χ3n) is 19.7. The standard InChI is InChI=1S/C27H34N6O3S.C26H32N6O3S.C24H28N6O3S/c1-37(34,35)29-16-6-2-3-7-19-33-31-26(30-32-33)22-12-10-21(11-13-22)24-20-27(14-17-28-18-15-27)36-25-9-5-4-8-23(24)25;1-36(33,34)28-15-5-2-6-18-32-30-25(29-31-32)21-11-9-20(10-12-21)23-19-26(13-16-27-17-14-26)35-24-8-4-3-7-22(23)24;1-34(31,32)26-13-4-16-30-28-23(27-29-30)19-9-7-18(8-10-19)21-17-24(11-14-25-15-12-24)33-22-6-3-2-5-20(21)22/h4-5,8-13,20,28-29H,2-3,6-7,14-19H2,1H3;3-4,7-12,19,27-28H,2,5-6,13-18H2,1H3;2-3,5-10,17,25-26H,4,11-16H2,1H3. The molecule has 3 saturated heterocycles. The van der Waals surface area contributed by atoms with Gasteiger partial charge in [-0.1, -0.05) is 147 Å². The van der Waals surface area contributed by atoms with Gasteiger partial charge in [0.05, 0.1) is 38.4 Å². The monoisotopic (exact) mass is 1510 g/mol. The molecule has 30 heteroatoms. The van der Waals surface area contributed by atoms with Crippen molar-refractivity contribution in [1.82, 2.24) is 90.7 Å². The number of para-hydroxylation sites is 3. The van der Waals surface area contributed by atoms with E-state index in [1.54, 1.807) is 9.59 Å². The lowest BCUT2D eigenvalue weighted by Gasteiger charge is -2.40. The lowest BCUT2D eigenvalue weighted by atomic mass is 9.83. The average Bonchev–Trinajstić information content (AvgIpc) is 1.47. The number of hydrogen-bond donors (Lipinski definition) is 6. The maximum absolute atomic E-state index is 11.2. The molecule has 0 bridgehead atoms. The van der Waals surface area contributed by atoms with Crippen molar-refractivity contribution in [1.29, 1.82) is 0 Å². The van der Waals surface area contributed by atoms with Crippen LogP contribution in [0.25, 0.3) is 50.9 Å². The first-order valence-corrected chi connectivity index (χ1v) is 42.6. The van der Waals surface area contributed by atoms with Crippen LogP contribution in [-0.4, -0.2) is 180 Å². The molecule has 27 nitrogen and oxygen atoms in total. The molecule has 6 N–H and O–H groups in total. The second kappa shape index (κ2) is 34.3. The topological polar surface area (TPSA) is 333 Å². The van der Waals surface area contributed by atoms with Crippen LogP contribution in [0.5, 0.6) is 17.2 Å². The Morgan fingerprint density at radius 3 is 0.916 bits per heavy atom. The minimum Gasteiger partial charge on any atom is -0.482 e. The minimum absolute atomic E-state index is 0.262. The highest BCUT2D eigenvalue weighted by atomic mass is 32.2. The zero-order chi connectivity index (χ0) is 74.3. The zero-order valence-corrected chi connectivity index (χ0v) is 63.2. The van der Waals surface area contributed by atoms with E-state index in [0.29, 0.717) is 63.2 Å². The number of unbranched alkanes of at least 4 members (excludes halogenated alkanes) is 5. The van der Waals surface area contributed by atoms with E-state index in [1.807, 2.05) is 54.6 Å². The summed E-state index contributed by atoms with van der Waals surface area (Å²) >= 11 is 0.